The maximum atomic E-state index is 12.9. The molecule has 2 heterocycles. The molecule has 1 fully saturated rings. The molecular weight excluding hydrogens is 351 g/mol. The van der Waals surface area contributed by atoms with Gasteiger partial charge in [-0.15, -0.1) is 11.3 Å². The first-order chi connectivity index (χ1) is 12.7. The second-order valence-electron chi connectivity index (χ2n) is 6.53. The normalized spacial score (nSPS) is 16.7. The van der Waals surface area contributed by atoms with E-state index in [-0.39, 0.29) is 24.4 Å². The summed E-state index contributed by atoms with van der Waals surface area (Å²) in [5.41, 5.74) is 0. The van der Waals surface area contributed by atoms with Crippen LogP contribution in [-0.4, -0.2) is 37.0 Å². The van der Waals surface area contributed by atoms with Gasteiger partial charge in [0.25, 0.3) is 5.91 Å². The van der Waals surface area contributed by atoms with E-state index in [4.69, 9.17) is 4.74 Å². The molecule has 140 valence electrons. The topological polar surface area (TPSA) is 41.6 Å². The Morgan fingerprint density at radius 2 is 1.88 bits per heavy atom. The number of nitrogens with one attached hydrogen (secondary N) is 1. The number of ether oxygens (including phenoxy) is 1. The standard InChI is InChI=1S/C20H25FN2O2S/c21-16-7-9-17(10-8-16)25-15-20(24)22-14-18(19-6-5-13-26-19)23-11-3-1-2-4-12-23/h5-10,13,18H,1-4,11-12,14-15H2,(H,22,24)/t18-/m0/s1. The Hall–Kier alpha value is -1.92. The van der Waals surface area contributed by atoms with E-state index >= 15 is 0 Å². The Morgan fingerprint density at radius 3 is 2.54 bits per heavy atom. The number of carbonyl (C=O) groups is 1. The summed E-state index contributed by atoms with van der Waals surface area (Å²) < 4.78 is 18.3. The minimum atomic E-state index is -0.321. The van der Waals surface area contributed by atoms with Crippen molar-refractivity contribution >= 4 is 17.2 Å². The maximum absolute atomic E-state index is 12.9. The average molecular weight is 376 g/mol. The van der Waals surface area contributed by atoms with Crippen molar-refractivity contribution in [2.45, 2.75) is 31.7 Å². The molecule has 0 saturated carbocycles. The predicted molar refractivity (Wildman–Crippen MR) is 102 cm³/mol. The van der Waals surface area contributed by atoms with Crippen LogP contribution in [0.4, 0.5) is 4.39 Å². The van der Waals surface area contributed by atoms with E-state index in [2.05, 4.69) is 27.7 Å². The van der Waals surface area contributed by atoms with E-state index in [1.165, 1.54) is 54.8 Å². The Balaban J connectivity index is 1.53. The lowest BCUT2D eigenvalue weighted by molar-refractivity contribution is -0.123. The summed E-state index contributed by atoms with van der Waals surface area (Å²) in [5.74, 6) is 0.00705. The summed E-state index contributed by atoms with van der Waals surface area (Å²) in [4.78, 5) is 16.0. The lowest BCUT2D eigenvalue weighted by atomic mass is 10.2. The lowest BCUT2D eigenvalue weighted by Gasteiger charge is -2.30. The molecule has 4 nitrogen and oxygen atoms in total. The number of hydrogen-bond donors (Lipinski definition) is 1. The van der Waals surface area contributed by atoms with Crippen LogP contribution in [0.25, 0.3) is 0 Å². The molecule has 1 aromatic carbocycles. The Kier molecular flexibility index (Phi) is 7.03. The number of halogens is 1. The van der Waals surface area contributed by atoms with Gasteiger partial charge in [-0.1, -0.05) is 18.9 Å². The van der Waals surface area contributed by atoms with Crippen LogP contribution in [-0.2, 0) is 4.79 Å². The highest BCUT2D eigenvalue weighted by atomic mass is 32.1. The van der Waals surface area contributed by atoms with Gasteiger partial charge in [0, 0.05) is 11.4 Å². The lowest BCUT2D eigenvalue weighted by Crippen LogP contribution is -2.39. The molecule has 1 aliphatic heterocycles. The van der Waals surface area contributed by atoms with Gasteiger partial charge in [0.05, 0.1) is 6.04 Å². The molecule has 2 aromatic rings. The summed E-state index contributed by atoms with van der Waals surface area (Å²) in [6.07, 6.45) is 4.99. The third-order valence-electron chi connectivity index (χ3n) is 4.63. The van der Waals surface area contributed by atoms with Crippen molar-refractivity contribution in [1.29, 1.82) is 0 Å². The van der Waals surface area contributed by atoms with Gasteiger partial charge in [-0.2, -0.15) is 0 Å². The van der Waals surface area contributed by atoms with Gasteiger partial charge in [0.2, 0.25) is 0 Å². The molecule has 26 heavy (non-hydrogen) atoms. The summed E-state index contributed by atoms with van der Waals surface area (Å²) in [7, 11) is 0. The number of rotatable bonds is 7. The molecule has 6 heteroatoms. The van der Waals surface area contributed by atoms with Gasteiger partial charge in [-0.25, -0.2) is 4.39 Å². The van der Waals surface area contributed by atoms with Crippen molar-refractivity contribution in [2.75, 3.05) is 26.2 Å². The van der Waals surface area contributed by atoms with Crippen LogP contribution < -0.4 is 10.1 Å². The van der Waals surface area contributed by atoms with Crippen molar-refractivity contribution in [3.05, 3.63) is 52.5 Å². The molecule has 1 aliphatic rings. The second kappa shape index (κ2) is 9.69. The number of thiophene rings is 1. The van der Waals surface area contributed by atoms with Crippen molar-refractivity contribution in [3.8, 4) is 5.75 Å². The summed E-state index contributed by atoms with van der Waals surface area (Å²) >= 11 is 1.73. The largest absolute Gasteiger partial charge is 0.484 e. The molecule has 1 atom stereocenters. The Bertz CT molecular complexity index is 668. The zero-order valence-corrected chi connectivity index (χ0v) is 15.6. The SMILES string of the molecule is O=C(COc1ccc(F)cc1)NC[C@@H](c1cccs1)N1CCCCCC1. The molecular formula is C20H25FN2O2S. The van der Waals surface area contributed by atoms with Crippen LogP contribution in [0.1, 0.15) is 36.6 Å². The third kappa shape index (κ3) is 5.54. The van der Waals surface area contributed by atoms with E-state index in [0.29, 0.717) is 12.3 Å². The molecule has 0 bridgehead atoms. The highest BCUT2D eigenvalue weighted by Crippen LogP contribution is 2.27. The Morgan fingerprint density at radius 1 is 1.15 bits per heavy atom. The summed E-state index contributed by atoms with van der Waals surface area (Å²) in [6.45, 7) is 2.66. The number of benzene rings is 1. The second-order valence-corrected chi connectivity index (χ2v) is 7.51. The fourth-order valence-electron chi connectivity index (χ4n) is 3.24. The van der Waals surface area contributed by atoms with Gasteiger partial charge in [0.15, 0.2) is 6.61 Å². The van der Waals surface area contributed by atoms with Crippen LogP contribution in [0.3, 0.4) is 0 Å². The van der Waals surface area contributed by atoms with Gasteiger partial charge >= 0.3 is 0 Å². The monoisotopic (exact) mass is 376 g/mol. The summed E-state index contributed by atoms with van der Waals surface area (Å²) in [5, 5.41) is 5.08. The van der Waals surface area contributed by atoms with Crippen LogP contribution >= 0.6 is 11.3 Å². The van der Waals surface area contributed by atoms with Gasteiger partial charge in [-0.05, 0) is 61.6 Å². The molecule has 1 amide bonds. The fourth-order valence-corrected chi connectivity index (χ4v) is 4.10. The maximum Gasteiger partial charge on any atom is 0.258 e. The van der Waals surface area contributed by atoms with Crippen LogP contribution in [0.5, 0.6) is 5.75 Å². The third-order valence-corrected chi connectivity index (χ3v) is 5.60. The number of hydrogen-bond acceptors (Lipinski definition) is 4. The van der Waals surface area contributed by atoms with Gasteiger partial charge < -0.3 is 10.1 Å². The van der Waals surface area contributed by atoms with E-state index in [9.17, 15) is 9.18 Å². The van der Waals surface area contributed by atoms with E-state index in [1.807, 2.05) is 0 Å². The van der Waals surface area contributed by atoms with Crippen LogP contribution in [0.2, 0.25) is 0 Å². The quantitative estimate of drug-likeness (QED) is 0.794. The molecule has 1 aromatic heterocycles. The summed E-state index contributed by atoms with van der Waals surface area (Å²) in [6, 6.07) is 10.1. The highest BCUT2D eigenvalue weighted by Gasteiger charge is 2.23. The van der Waals surface area contributed by atoms with E-state index in [0.717, 1.165) is 13.1 Å². The number of nitrogens with zero attached hydrogens (tertiary/aromatic N) is 1. The van der Waals surface area contributed by atoms with Crippen LogP contribution in [0.15, 0.2) is 41.8 Å². The molecule has 1 saturated heterocycles. The first-order valence-corrected chi connectivity index (χ1v) is 10.0. The number of likely N-dealkylation sites (tertiary alicyclic amines) is 1. The smallest absolute Gasteiger partial charge is 0.258 e. The Labute approximate surface area is 158 Å². The number of amides is 1. The van der Waals surface area contributed by atoms with E-state index < -0.39 is 0 Å². The average Bonchev–Trinajstić information content (AvgIpc) is 3.04. The first kappa shape index (κ1) is 18.9. The van der Waals surface area contributed by atoms with Crippen molar-refractivity contribution in [3.63, 3.8) is 0 Å². The number of carbonyl (C=O) groups excluding carboxylic acids is 1. The molecule has 1 N–H and O–H groups in total. The molecule has 3 rings (SSSR count). The molecule has 0 aliphatic carbocycles. The van der Waals surface area contributed by atoms with Gasteiger partial charge in [-0.3, -0.25) is 9.69 Å². The first-order valence-electron chi connectivity index (χ1n) is 9.15. The molecule has 0 unspecified atom stereocenters. The van der Waals surface area contributed by atoms with Crippen molar-refractivity contribution in [1.82, 2.24) is 10.2 Å². The van der Waals surface area contributed by atoms with Crippen molar-refractivity contribution < 1.29 is 13.9 Å². The fraction of sp³-hybridized carbons (Fsp3) is 0.450. The van der Waals surface area contributed by atoms with Gasteiger partial charge in [0.1, 0.15) is 11.6 Å². The minimum absolute atomic E-state index is 0.0667. The molecule has 0 spiro atoms. The highest BCUT2D eigenvalue weighted by molar-refractivity contribution is 7.10. The van der Waals surface area contributed by atoms with Crippen LogP contribution in [0, 0.1) is 5.82 Å². The molecule has 0 radical (unpaired) electrons. The minimum Gasteiger partial charge on any atom is -0.484 e. The van der Waals surface area contributed by atoms with E-state index in [1.54, 1.807) is 11.3 Å². The predicted octanol–water partition coefficient (Wildman–Crippen LogP) is 4.00. The van der Waals surface area contributed by atoms with Crippen molar-refractivity contribution in [2.24, 2.45) is 0 Å². The zero-order valence-electron chi connectivity index (χ0n) is 14.8. The zero-order chi connectivity index (χ0) is 18.2.